The van der Waals surface area contributed by atoms with E-state index in [1.165, 1.54) is 130 Å². The molecule has 10 heteroatoms. The number of nitrogens with zero attached hydrogens (tertiary/aromatic N) is 1. The van der Waals surface area contributed by atoms with E-state index in [2.05, 4.69) is 219 Å². The largest absolute Gasteiger partial charge is 0.313 e. The van der Waals surface area contributed by atoms with Crippen LogP contribution in [0, 0.1) is 0 Å². The van der Waals surface area contributed by atoms with E-state index in [4.69, 9.17) is 0 Å². The third-order valence-corrected chi connectivity index (χ3v) is 14.8. The Hall–Kier alpha value is -5.96. The Labute approximate surface area is 364 Å². The molecule has 0 N–H and O–H groups in total. The third-order valence-electron chi connectivity index (χ3n) is 13.6. The van der Waals surface area contributed by atoms with E-state index >= 15 is 0 Å². The number of fused-ring (bicyclic) bond motifs is 5. The van der Waals surface area contributed by atoms with Crippen LogP contribution in [0.1, 0.15) is 0 Å². The van der Waals surface area contributed by atoms with Gasteiger partial charge in [0.05, 0.1) is 0 Å². The molecule has 0 atom stereocenters. The molecular weight excluding hydrogens is 733 g/mol. The van der Waals surface area contributed by atoms with Crippen LogP contribution in [0.25, 0.3) is 75.1 Å². The van der Waals surface area contributed by atoms with Gasteiger partial charge in [-0.3, -0.25) is 0 Å². The highest BCUT2D eigenvalue weighted by Gasteiger charge is 2.27. The molecule has 1 nitrogen and oxygen atoms in total. The monoisotopic (exact) mass is 775 g/mol. The standard InChI is InChI=1S/C50H41B8NS/c51-40-38(34-21-8-13-26-11-1-3-17-30(26)34)41(52)45(56)48(44(40)55)59(29-16-7-15-28(25-29)32-20-10-23-36-33-19-5-6-24-37(33)60-50(32)36)49-46(57)42(53)39(43(54)47(49)58)35-22-9-14-27-12-2-4-18-31(27)35/h1-25H,51-58H2. The first-order valence-corrected chi connectivity index (χ1v) is 21.9. The summed E-state index contributed by atoms with van der Waals surface area (Å²) in [6.07, 6.45) is 0. The van der Waals surface area contributed by atoms with Gasteiger partial charge in [0.2, 0.25) is 0 Å². The van der Waals surface area contributed by atoms with Crippen molar-refractivity contribution in [1.82, 2.24) is 0 Å². The van der Waals surface area contributed by atoms with Crippen LogP contribution in [-0.2, 0) is 0 Å². The maximum absolute atomic E-state index is 2.61. The maximum atomic E-state index is 2.61. The van der Waals surface area contributed by atoms with E-state index in [9.17, 15) is 0 Å². The Morgan fingerprint density at radius 2 is 0.767 bits per heavy atom. The molecule has 276 valence electrons. The van der Waals surface area contributed by atoms with Crippen LogP contribution in [0.4, 0.5) is 17.1 Å². The van der Waals surface area contributed by atoms with Crippen LogP contribution < -0.4 is 48.6 Å². The van der Waals surface area contributed by atoms with E-state index in [-0.39, 0.29) is 0 Å². The fraction of sp³-hybridized carbons (Fsp3) is 0. The van der Waals surface area contributed by atoms with Gasteiger partial charge in [-0.05, 0) is 73.1 Å². The second kappa shape index (κ2) is 14.9. The summed E-state index contributed by atoms with van der Waals surface area (Å²) in [5.41, 5.74) is 21.9. The highest BCUT2D eigenvalue weighted by Crippen LogP contribution is 2.42. The second-order valence-electron chi connectivity index (χ2n) is 16.7. The lowest BCUT2D eigenvalue weighted by Gasteiger charge is -2.37. The van der Waals surface area contributed by atoms with E-state index in [0.29, 0.717) is 0 Å². The van der Waals surface area contributed by atoms with Gasteiger partial charge in [0, 0.05) is 37.2 Å². The minimum atomic E-state index is 1.16. The van der Waals surface area contributed by atoms with Gasteiger partial charge in [0.15, 0.2) is 0 Å². The fourth-order valence-corrected chi connectivity index (χ4v) is 11.3. The molecule has 0 aliphatic heterocycles. The van der Waals surface area contributed by atoms with Crippen molar-refractivity contribution < 1.29 is 0 Å². The summed E-state index contributed by atoms with van der Waals surface area (Å²) in [5.74, 6) is 0. The van der Waals surface area contributed by atoms with E-state index in [1.54, 1.807) is 0 Å². The quantitative estimate of drug-likeness (QED) is 0.228. The molecule has 0 amide bonds. The van der Waals surface area contributed by atoms with Gasteiger partial charge in [0.1, 0.15) is 62.8 Å². The molecule has 10 rings (SSSR count). The lowest BCUT2D eigenvalue weighted by atomic mass is 9.62. The molecule has 0 spiro atoms. The molecule has 1 heterocycles. The van der Waals surface area contributed by atoms with Gasteiger partial charge < -0.3 is 4.90 Å². The van der Waals surface area contributed by atoms with Crippen molar-refractivity contribution >= 4 is 177 Å². The minimum Gasteiger partial charge on any atom is -0.313 e. The van der Waals surface area contributed by atoms with Crippen LogP contribution in [0.3, 0.4) is 0 Å². The molecule has 0 aliphatic carbocycles. The molecule has 1 aromatic heterocycles. The first-order chi connectivity index (χ1) is 29.1. The molecule has 0 radical (unpaired) electrons. The summed E-state index contributed by atoms with van der Waals surface area (Å²) >= 11 is 1.89. The molecule has 0 saturated heterocycles. The van der Waals surface area contributed by atoms with Crippen LogP contribution in [0.15, 0.2) is 152 Å². The summed E-state index contributed by atoms with van der Waals surface area (Å²) in [6.45, 7) is 0. The minimum absolute atomic E-state index is 1.16. The second-order valence-corrected chi connectivity index (χ2v) is 17.7. The van der Waals surface area contributed by atoms with E-state index in [1.807, 2.05) is 11.3 Å². The summed E-state index contributed by atoms with van der Waals surface area (Å²) in [4.78, 5) is 2.61. The van der Waals surface area contributed by atoms with Crippen molar-refractivity contribution in [1.29, 1.82) is 0 Å². The highest BCUT2D eigenvalue weighted by atomic mass is 32.1. The Morgan fingerprint density at radius 1 is 0.350 bits per heavy atom. The Morgan fingerprint density at radius 3 is 1.32 bits per heavy atom. The number of hydrogen-bond donors (Lipinski definition) is 0. The van der Waals surface area contributed by atoms with Crippen LogP contribution in [-0.4, -0.2) is 62.8 Å². The molecule has 10 aromatic rings. The number of anilines is 3. The first-order valence-electron chi connectivity index (χ1n) is 21.1. The average molecular weight is 774 g/mol. The molecule has 9 aromatic carbocycles. The molecule has 0 unspecified atom stereocenters. The molecule has 0 fully saturated rings. The lowest BCUT2D eigenvalue weighted by Crippen LogP contribution is -2.50. The number of hydrogen-bond acceptors (Lipinski definition) is 2. The van der Waals surface area contributed by atoms with Crippen molar-refractivity contribution in [2.75, 3.05) is 4.90 Å². The maximum Gasteiger partial charge on any atom is 0.141 e. The zero-order valence-electron chi connectivity index (χ0n) is 35.8. The number of benzene rings is 9. The molecule has 60 heavy (non-hydrogen) atoms. The van der Waals surface area contributed by atoms with Crippen molar-refractivity contribution in [2.45, 2.75) is 0 Å². The van der Waals surface area contributed by atoms with Gasteiger partial charge in [-0.1, -0.05) is 177 Å². The van der Waals surface area contributed by atoms with Crippen LogP contribution in [0.2, 0.25) is 0 Å². The van der Waals surface area contributed by atoms with Gasteiger partial charge in [-0.25, -0.2) is 0 Å². The van der Waals surface area contributed by atoms with E-state index < -0.39 is 0 Å². The predicted octanol–water partition coefficient (Wildman–Crippen LogP) is 0.899. The SMILES string of the molecule is Bc1c(B)c(N(c2cccc(-c3cccc4c3sc3ccccc34)c2)c2c(B)c(B)c(-c3cccc4ccccc34)c(B)c2B)c(B)c(B)c1-c1cccc2ccccc12. The van der Waals surface area contributed by atoms with Gasteiger partial charge in [-0.2, -0.15) is 0 Å². The smallest absolute Gasteiger partial charge is 0.141 e. The molecular formula is C50H41B8NS. The Balaban J connectivity index is 1.25. The van der Waals surface area contributed by atoms with Crippen molar-refractivity contribution in [3.8, 4) is 33.4 Å². The van der Waals surface area contributed by atoms with E-state index in [0.717, 1.165) is 5.69 Å². The van der Waals surface area contributed by atoms with Crippen molar-refractivity contribution in [3.05, 3.63) is 152 Å². The van der Waals surface area contributed by atoms with Crippen molar-refractivity contribution in [2.24, 2.45) is 0 Å². The molecule has 0 saturated carbocycles. The normalized spacial score (nSPS) is 11.5. The summed E-state index contributed by atoms with van der Waals surface area (Å²) < 4.78 is 2.66. The zero-order valence-corrected chi connectivity index (χ0v) is 36.6. The van der Waals surface area contributed by atoms with Crippen LogP contribution in [0.5, 0.6) is 0 Å². The predicted molar refractivity (Wildman–Crippen MR) is 291 cm³/mol. The van der Waals surface area contributed by atoms with Gasteiger partial charge >= 0.3 is 0 Å². The summed E-state index contributed by atoms with van der Waals surface area (Å²) in [5, 5.41) is 7.76. The molecule has 0 aliphatic rings. The van der Waals surface area contributed by atoms with Gasteiger partial charge in [0.25, 0.3) is 0 Å². The fourth-order valence-electron chi connectivity index (χ4n) is 10.1. The molecule has 0 bridgehead atoms. The lowest BCUT2D eigenvalue weighted by molar-refractivity contribution is 1.33. The number of rotatable bonds is 6. The Bertz CT molecular complexity index is 3180. The van der Waals surface area contributed by atoms with Gasteiger partial charge in [-0.15, -0.1) is 11.3 Å². The van der Waals surface area contributed by atoms with Crippen molar-refractivity contribution in [3.63, 3.8) is 0 Å². The summed E-state index contributed by atoms with van der Waals surface area (Å²) in [6, 6.07) is 56.0. The topological polar surface area (TPSA) is 3.24 Å². The average Bonchev–Trinajstić information content (AvgIpc) is 3.67. The Kier molecular flexibility index (Phi) is 9.53. The summed E-state index contributed by atoms with van der Waals surface area (Å²) in [7, 11) is 18.7. The number of thiophene rings is 1. The zero-order chi connectivity index (χ0) is 41.4. The van der Waals surface area contributed by atoms with Crippen LogP contribution >= 0.6 is 11.3 Å². The third kappa shape index (κ3) is 5.94. The highest BCUT2D eigenvalue weighted by molar-refractivity contribution is 7.26. The first kappa shape index (κ1) is 38.3.